The number of Topliss-reactive ketones (excluding diaryl/α,β-unsaturated/α-hetero) is 1. The van der Waals surface area contributed by atoms with E-state index in [1.54, 1.807) is 6.92 Å². The van der Waals surface area contributed by atoms with Crippen molar-refractivity contribution in [2.24, 2.45) is 0 Å². The summed E-state index contributed by atoms with van der Waals surface area (Å²) >= 11 is 11.8. The number of alkyl halides is 2. The third-order valence-electron chi connectivity index (χ3n) is 5.84. The molecule has 1 rings (SSSR count). The van der Waals surface area contributed by atoms with E-state index < -0.39 is 0 Å². The Hall–Kier alpha value is -1.68. The van der Waals surface area contributed by atoms with Crippen LogP contribution in [-0.4, -0.2) is 101 Å². The Morgan fingerprint density at radius 2 is 1.53 bits per heavy atom. The predicted molar refractivity (Wildman–Crippen MR) is 158 cm³/mol. The van der Waals surface area contributed by atoms with Crippen molar-refractivity contribution in [2.45, 2.75) is 32.7 Å². The molecule has 1 amide bonds. The summed E-state index contributed by atoms with van der Waals surface area (Å²) in [5.74, 6) is 1.20. The molecular weight excluding hydrogens is 527 g/mol. The van der Waals surface area contributed by atoms with Crippen LogP contribution in [0.5, 0.6) is 0 Å². The van der Waals surface area contributed by atoms with Gasteiger partial charge in [0.1, 0.15) is 0 Å². The summed E-state index contributed by atoms with van der Waals surface area (Å²) in [6, 6.07) is 8.48. The van der Waals surface area contributed by atoms with Crippen molar-refractivity contribution in [2.75, 3.05) is 89.4 Å². The van der Waals surface area contributed by atoms with Crippen molar-refractivity contribution in [1.82, 2.24) is 15.5 Å². The molecule has 38 heavy (non-hydrogen) atoms. The molecule has 0 aliphatic heterocycles. The largest absolute Gasteiger partial charge is 0.379 e. The standard InChI is InChI=1S/C28H46Cl2N4O4/c1-24(2)27(35)5-4-19-37-21-22-38-20-10-28(36)32-14-18-33(3)17-13-31-23-25-6-8-26(9-7-25)34(15-11-29)16-12-30/h6-9,31H,1,4-5,10-23H2,2-3H3,(H,32,36). The summed E-state index contributed by atoms with van der Waals surface area (Å²) in [4.78, 5) is 27.8. The van der Waals surface area contributed by atoms with Gasteiger partial charge in [-0.05, 0) is 43.7 Å². The Morgan fingerprint density at radius 3 is 2.16 bits per heavy atom. The lowest BCUT2D eigenvalue weighted by atomic mass is 10.1. The zero-order valence-electron chi connectivity index (χ0n) is 23.1. The second-order valence-electron chi connectivity index (χ2n) is 9.14. The van der Waals surface area contributed by atoms with Crippen LogP contribution < -0.4 is 15.5 Å². The van der Waals surface area contributed by atoms with Gasteiger partial charge in [0.05, 0.1) is 19.8 Å². The fraction of sp³-hybridized carbons (Fsp3) is 0.643. The topological polar surface area (TPSA) is 83.1 Å². The fourth-order valence-corrected chi connectivity index (χ4v) is 3.93. The molecule has 0 spiro atoms. The summed E-state index contributed by atoms with van der Waals surface area (Å²) in [5.41, 5.74) is 2.94. The monoisotopic (exact) mass is 572 g/mol. The molecule has 0 unspecified atom stereocenters. The number of anilines is 1. The molecule has 8 nitrogen and oxygen atoms in total. The number of ketones is 1. The molecule has 0 bridgehead atoms. The van der Waals surface area contributed by atoms with Crippen LogP contribution in [0, 0.1) is 0 Å². The van der Waals surface area contributed by atoms with Crippen molar-refractivity contribution < 1.29 is 19.1 Å². The van der Waals surface area contributed by atoms with Gasteiger partial charge in [-0.1, -0.05) is 18.7 Å². The maximum Gasteiger partial charge on any atom is 0.222 e. The highest BCUT2D eigenvalue weighted by atomic mass is 35.5. The van der Waals surface area contributed by atoms with E-state index in [4.69, 9.17) is 32.7 Å². The summed E-state index contributed by atoms with van der Waals surface area (Å²) in [6.07, 6.45) is 1.46. The summed E-state index contributed by atoms with van der Waals surface area (Å²) < 4.78 is 10.9. The zero-order valence-corrected chi connectivity index (χ0v) is 24.6. The quantitative estimate of drug-likeness (QED) is 0.111. The van der Waals surface area contributed by atoms with E-state index in [1.165, 1.54) is 5.56 Å². The van der Waals surface area contributed by atoms with Gasteiger partial charge in [0, 0.05) is 82.7 Å². The molecule has 0 heterocycles. The predicted octanol–water partition coefficient (Wildman–Crippen LogP) is 3.46. The number of nitrogens with one attached hydrogen (secondary N) is 2. The minimum atomic E-state index is -0.0186. The van der Waals surface area contributed by atoms with Crippen molar-refractivity contribution in [3.05, 3.63) is 42.0 Å². The Labute approximate surface area is 239 Å². The van der Waals surface area contributed by atoms with Crippen LogP contribution in [0.1, 0.15) is 31.7 Å². The normalized spacial score (nSPS) is 11.1. The number of halogens is 2. The third-order valence-corrected chi connectivity index (χ3v) is 6.18. The maximum absolute atomic E-state index is 12.0. The molecule has 1 aromatic rings. The lowest BCUT2D eigenvalue weighted by Gasteiger charge is -2.23. The van der Waals surface area contributed by atoms with Gasteiger partial charge in [-0.25, -0.2) is 0 Å². The lowest BCUT2D eigenvalue weighted by molar-refractivity contribution is -0.122. The van der Waals surface area contributed by atoms with Crippen LogP contribution in [0.4, 0.5) is 5.69 Å². The van der Waals surface area contributed by atoms with Crippen LogP contribution in [0.15, 0.2) is 36.4 Å². The number of ether oxygens (including phenoxy) is 2. The lowest BCUT2D eigenvalue weighted by Crippen LogP contribution is -2.36. The number of hydrogen-bond donors (Lipinski definition) is 2. The van der Waals surface area contributed by atoms with Crippen molar-refractivity contribution >= 4 is 40.6 Å². The molecule has 2 N–H and O–H groups in total. The number of amides is 1. The second-order valence-corrected chi connectivity index (χ2v) is 9.90. The maximum atomic E-state index is 12.0. The van der Waals surface area contributed by atoms with Gasteiger partial charge in [0.25, 0.3) is 0 Å². The highest BCUT2D eigenvalue weighted by molar-refractivity contribution is 6.18. The van der Waals surface area contributed by atoms with Crippen LogP contribution in [0.3, 0.4) is 0 Å². The molecule has 0 radical (unpaired) electrons. The van der Waals surface area contributed by atoms with Crippen molar-refractivity contribution in [3.63, 3.8) is 0 Å². The van der Waals surface area contributed by atoms with Gasteiger partial charge in [-0.15, -0.1) is 23.2 Å². The number of carbonyl (C=O) groups excluding carboxylic acids is 2. The average molecular weight is 574 g/mol. The first kappa shape index (κ1) is 34.3. The van der Waals surface area contributed by atoms with Crippen LogP contribution >= 0.6 is 23.2 Å². The first-order valence-electron chi connectivity index (χ1n) is 13.3. The van der Waals surface area contributed by atoms with E-state index in [1.807, 2.05) is 7.05 Å². The molecule has 10 heteroatoms. The number of rotatable bonds is 24. The minimum absolute atomic E-state index is 0.0186. The highest BCUT2D eigenvalue weighted by Gasteiger charge is 2.06. The minimum Gasteiger partial charge on any atom is -0.379 e. The molecule has 0 atom stereocenters. The number of carbonyl (C=O) groups is 2. The first-order chi connectivity index (χ1) is 18.4. The Balaban J connectivity index is 2.01. The second kappa shape index (κ2) is 22.2. The van der Waals surface area contributed by atoms with Crippen molar-refractivity contribution in [3.8, 4) is 0 Å². The Morgan fingerprint density at radius 1 is 0.895 bits per heavy atom. The summed E-state index contributed by atoms with van der Waals surface area (Å²) in [6.45, 7) is 12.6. The van der Waals surface area contributed by atoms with E-state index in [0.29, 0.717) is 69.6 Å². The van der Waals surface area contributed by atoms with Gasteiger partial charge in [-0.3, -0.25) is 9.59 Å². The first-order valence-corrected chi connectivity index (χ1v) is 14.4. The van der Waals surface area contributed by atoms with Gasteiger partial charge in [0.2, 0.25) is 5.91 Å². The average Bonchev–Trinajstić information content (AvgIpc) is 2.90. The zero-order chi connectivity index (χ0) is 28.0. The fourth-order valence-electron chi connectivity index (χ4n) is 3.52. The van der Waals surface area contributed by atoms with E-state index >= 15 is 0 Å². The Bertz CT molecular complexity index is 790. The molecular formula is C28H46Cl2N4O4. The molecule has 0 saturated carbocycles. The van der Waals surface area contributed by atoms with Crippen molar-refractivity contribution in [1.29, 1.82) is 0 Å². The van der Waals surface area contributed by atoms with Gasteiger partial charge >= 0.3 is 0 Å². The smallest absolute Gasteiger partial charge is 0.222 e. The van der Waals surface area contributed by atoms with Crippen LogP contribution in [0.2, 0.25) is 0 Å². The SMILES string of the molecule is C=C(C)C(=O)CCCOCCOCCC(=O)NCCN(C)CCNCc1ccc(N(CCCl)CCCl)cc1. The third kappa shape index (κ3) is 17.0. The molecule has 0 aliphatic carbocycles. The number of likely N-dealkylation sites (N-methyl/N-ethyl adjacent to an activating group) is 1. The van der Waals surface area contributed by atoms with E-state index in [9.17, 15) is 9.59 Å². The van der Waals surface area contributed by atoms with Gasteiger partial charge in [-0.2, -0.15) is 0 Å². The van der Waals surface area contributed by atoms with E-state index in [2.05, 4.69) is 51.3 Å². The molecule has 216 valence electrons. The molecule has 0 saturated heterocycles. The van der Waals surface area contributed by atoms with Gasteiger partial charge < -0.3 is 29.9 Å². The molecule has 0 aromatic heterocycles. The summed E-state index contributed by atoms with van der Waals surface area (Å²) in [5, 5.41) is 6.39. The Kier molecular flexibility index (Phi) is 20.0. The van der Waals surface area contributed by atoms with Crippen LogP contribution in [-0.2, 0) is 25.6 Å². The van der Waals surface area contributed by atoms with Crippen LogP contribution in [0.25, 0.3) is 0 Å². The number of hydrogen-bond acceptors (Lipinski definition) is 7. The molecule has 1 aromatic carbocycles. The van der Waals surface area contributed by atoms with Gasteiger partial charge in [0.15, 0.2) is 5.78 Å². The van der Waals surface area contributed by atoms with E-state index in [0.717, 1.165) is 45.0 Å². The number of benzene rings is 1. The molecule has 0 aliphatic rings. The highest BCUT2D eigenvalue weighted by Crippen LogP contribution is 2.15. The number of allylic oxidation sites excluding steroid dienone is 1. The number of nitrogens with zero attached hydrogens (tertiary/aromatic N) is 2. The molecule has 0 fully saturated rings. The summed E-state index contributed by atoms with van der Waals surface area (Å²) in [7, 11) is 2.04. The van der Waals surface area contributed by atoms with E-state index in [-0.39, 0.29) is 11.7 Å².